The van der Waals surface area contributed by atoms with Crippen LogP contribution < -0.4 is 0 Å². The van der Waals surface area contributed by atoms with Gasteiger partial charge in [-0.3, -0.25) is 4.79 Å². The predicted octanol–water partition coefficient (Wildman–Crippen LogP) is 2.84. The maximum atomic E-state index is 12.5. The molecule has 5 heteroatoms. The number of imide groups is 1. The van der Waals surface area contributed by atoms with Crippen molar-refractivity contribution in [2.75, 3.05) is 0 Å². The van der Waals surface area contributed by atoms with E-state index in [-0.39, 0.29) is 12.0 Å². The summed E-state index contributed by atoms with van der Waals surface area (Å²) in [4.78, 5) is 37.6. The predicted molar refractivity (Wildman–Crippen MR) is 80.0 cm³/mol. The third kappa shape index (κ3) is 2.36. The normalized spacial score (nSPS) is 31.1. The van der Waals surface area contributed by atoms with Gasteiger partial charge in [-0.25, -0.2) is 9.69 Å². The lowest BCUT2D eigenvalue weighted by Crippen LogP contribution is -2.44. The number of aldehydes is 1. The maximum absolute atomic E-state index is 12.5. The molecular weight excluding hydrogens is 282 g/mol. The number of ether oxygens (including phenoxy) is 1. The minimum Gasteiger partial charge on any atom is -0.443 e. The van der Waals surface area contributed by atoms with Gasteiger partial charge in [0.05, 0.1) is 12.0 Å². The second-order valence-electron chi connectivity index (χ2n) is 7.50. The van der Waals surface area contributed by atoms with Crippen LogP contribution in [-0.4, -0.2) is 34.8 Å². The highest BCUT2D eigenvalue weighted by Crippen LogP contribution is 2.49. The Kier molecular flexibility index (Phi) is 3.62. The van der Waals surface area contributed by atoms with Crippen molar-refractivity contribution >= 4 is 18.3 Å². The first-order valence-electron chi connectivity index (χ1n) is 8.05. The number of amides is 2. The molecule has 0 bridgehead atoms. The van der Waals surface area contributed by atoms with Crippen LogP contribution in [0.4, 0.5) is 4.79 Å². The fourth-order valence-electron chi connectivity index (χ4n) is 4.06. The zero-order valence-corrected chi connectivity index (χ0v) is 13.4. The largest absolute Gasteiger partial charge is 0.443 e. The van der Waals surface area contributed by atoms with Crippen LogP contribution in [0, 0.1) is 11.8 Å². The molecule has 1 fully saturated rings. The Bertz CT molecular complexity index is 557. The van der Waals surface area contributed by atoms with Crippen molar-refractivity contribution in [1.82, 2.24) is 4.90 Å². The number of hydrogen-bond donors (Lipinski definition) is 0. The van der Waals surface area contributed by atoms with Gasteiger partial charge in [0, 0.05) is 5.92 Å². The van der Waals surface area contributed by atoms with Gasteiger partial charge in [-0.2, -0.15) is 0 Å². The van der Waals surface area contributed by atoms with E-state index in [4.69, 9.17) is 4.74 Å². The molecule has 1 saturated heterocycles. The monoisotopic (exact) mass is 305 g/mol. The molecule has 0 aromatic heterocycles. The van der Waals surface area contributed by atoms with Gasteiger partial charge < -0.3 is 9.53 Å². The minimum atomic E-state index is -0.705. The molecule has 0 N–H and O–H groups in total. The Hall–Kier alpha value is -1.65. The summed E-state index contributed by atoms with van der Waals surface area (Å²) in [5.41, 5.74) is 1.91. The van der Waals surface area contributed by atoms with Crippen LogP contribution in [0.1, 0.15) is 52.9 Å². The summed E-state index contributed by atoms with van der Waals surface area (Å²) in [7, 11) is 0. The molecule has 5 nitrogen and oxygen atoms in total. The average molecular weight is 305 g/mol. The minimum absolute atomic E-state index is 0.0828. The summed E-state index contributed by atoms with van der Waals surface area (Å²) in [5, 5.41) is 0. The molecule has 0 saturated carbocycles. The lowest BCUT2D eigenvalue weighted by molar-refractivity contribution is -0.133. The number of nitrogens with zero attached hydrogens (tertiary/aromatic N) is 1. The second-order valence-corrected chi connectivity index (χ2v) is 7.50. The van der Waals surface area contributed by atoms with Gasteiger partial charge in [0.1, 0.15) is 11.9 Å². The molecule has 1 aliphatic heterocycles. The quantitative estimate of drug-likeness (QED) is 0.424. The Morgan fingerprint density at radius 2 is 1.95 bits per heavy atom. The summed E-state index contributed by atoms with van der Waals surface area (Å²) in [6.45, 7) is 5.33. The first-order valence-corrected chi connectivity index (χ1v) is 8.05. The Balaban J connectivity index is 1.94. The standard InChI is InChI=1S/C17H23NO4/c1-17(2,3)22-16(21)18-14-11-7-5-4-6-10(11)8-12(14)13(9-19)15(18)20/h9,12-14H,4-8H2,1-3H3/t12-,13?,14-/m1/s1. The van der Waals surface area contributed by atoms with E-state index in [9.17, 15) is 14.4 Å². The van der Waals surface area contributed by atoms with Gasteiger partial charge in [-0.1, -0.05) is 5.57 Å². The third-order valence-electron chi connectivity index (χ3n) is 4.87. The number of allylic oxidation sites excluding steroid dienone is 1. The van der Waals surface area contributed by atoms with Crippen LogP contribution >= 0.6 is 0 Å². The summed E-state index contributed by atoms with van der Waals surface area (Å²) in [6, 6.07) is -0.257. The SMILES string of the molecule is CC(C)(C)OC(=O)N1C(=O)C(C=O)[C@H]2CC3=C(CCCC3)[C@H]21. The topological polar surface area (TPSA) is 63.7 Å². The van der Waals surface area contributed by atoms with Gasteiger partial charge in [0.15, 0.2) is 0 Å². The molecule has 0 aromatic rings. The molecule has 3 aliphatic rings. The first kappa shape index (κ1) is 15.3. The van der Waals surface area contributed by atoms with E-state index in [1.807, 2.05) is 0 Å². The van der Waals surface area contributed by atoms with E-state index >= 15 is 0 Å². The van der Waals surface area contributed by atoms with Crippen molar-refractivity contribution in [3.8, 4) is 0 Å². The molecule has 2 aliphatic carbocycles. The molecule has 1 unspecified atom stereocenters. The molecule has 0 spiro atoms. The Morgan fingerprint density at radius 1 is 1.27 bits per heavy atom. The van der Waals surface area contributed by atoms with Crippen molar-refractivity contribution in [3.05, 3.63) is 11.1 Å². The molecule has 1 heterocycles. The summed E-state index contributed by atoms with van der Waals surface area (Å²) >= 11 is 0. The van der Waals surface area contributed by atoms with Gasteiger partial charge in [-0.15, -0.1) is 0 Å². The molecular formula is C17H23NO4. The molecule has 120 valence electrons. The van der Waals surface area contributed by atoms with Crippen LogP contribution in [0.25, 0.3) is 0 Å². The summed E-state index contributed by atoms with van der Waals surface area (Å²) < 4.78 is 5.40. The van der Waals surface area contributed by atoms with E-state index in [2.05, 4.69) is 0 Å². The molecule has 3 rings (SSSR count). The van der Waals surface area contributed by atoms with Gasteiger partial charge in [0.25, 0.3) is 0 Å². The second kappa shape index (κ2) is 5.21. The number of fused-ring (bicyclic) bond motifs is 2. The summed E-state index contributed by atoms with van der Waals surface area (Å²) in [5.74, 6) is -1.18. The van der Waals surface area contributed by atoms with Gasteiger partial charge >= 0.3 is 6.09 Å². The number of carbonyl (C=O) groups is 3. The van der Waals surface area contributed by atoms with E-state index in [0.717, 1.165) is 32.1 Å². The van der Waals surface area contributed by atoms with Crippen LogP contribution in [0.2, 0.25) is 0 Å². The van der Waals surface area contributed by atoms with Crippen molar-refractivity contribution in [1.29, 1.82) is 0 Å². The van der Waals surface area contributed by atoms with E-state index < -0.39 is 23.5 Å². The Morgan fingerprint density at radius 3 is 2.59 bits per heavy atom. The van der Waals surface area contributed by atoms with Crippen LogP contribution in [0.15, 0.2) is 11.1 Å². The highest BCUT2D eigenvalue weighted by atomic mass is 16.6. The van der Waals surface area contributed by atoms with Gasteiger partial charge in [0.2, 0.25) is 5.91 Å². The number of carbonyl (C=O) groups excluding carboxylic acids is 3. The van der Waals surface area contributed by atoms with E-state index in [1.165, 1.54) is 16.0 Å². The maximum Gasteiger partial charge on any atom is 0.417 e. The molecule has 3 atom stereocenters. The van der Waals surface area contributed by atoms with Crippen LogP contribution in [0.5, 0.6) is 0 Å². The van der Waals surface area contributed by atoms with Crippen LogP contribution in [0.3, 0.4) is 0 Å². The zero-order chi connectivity index (χ0) is 16.1. The highest BCUT2D eigenvalue weighted by Gasteiger charge is 2.56. The van der Waals surface area contributed by atoms with E-state index in [0.29, 0.717) is 6.29 Å². The average Bonchev–Trinajstić information content (AvgIpc) is 2.89. The highest BCUT2D eigenvalue weighted by molar-refractivity contribution is 6.03. The molecule has 0 aromatic carbocycles. The lowest BCUT2D eigenvalue weighted by Gasteiger charge is -2.29. The van der Waals surface area contributed by atoms with Gasteiger partial charge in [-0.05, 0) is 58.4 Å². The number of likely N-dealkylation sites (tertiary alicyclic amines) is 1. The zero-order valence-electron chi connectivity index (χ0n) is 13.4. The Labute approximate surface area is 130 Å². The van der Waals surface area contributed by atoms with Crippen molar-refractivity contribution in [3.63, 3.8) is 0 Å². The fraction of sp³-hybridized carbons (Fsp3) is 0.706. The molecule has 2 amide bonds. The van der Waals surface area contributed by atoms with Crippen molar-refractivity contribution < 1.29 is 19.1 Å². The fourth-order valence-corrected chi connectivity index (χ4v) is 4.06. The van der Waals surface area contributed by atoms with E-state index in [1.54, 1.807) is 20.8 Å². The summed E-state index contributed by atoms with van der Waals surface area (Å²) in [6.07, 6.45) is 5.07. The lowest BCUT2D eigenvalue weighted by atomic mass is 9.90. The smallest absolute Gasteiger partial charge is 0.417 e. The number of rotatable bonds is 1. The first-order chi connectivity index (χ1) is 10.3. The van der Waals surface area contributed by atoms with Crippen molar-refractivity contribution in [2.45, 2.75) is 64.5 Å². The molecule has 22 heavy (non-hydrogen) atoms. The molecule has 0 radical (unpaired) electrons. The van der Waals surface area contributed by atoms with Crippen LogP contribution in [-0.2, 0) is 14.3 Å². The number of hydrogen-bond acceptors (Lipinski definition) is 4. The van der Waals surface area contributed by atoms with Crippen molar-refractivity contribution in [2.24, 2.45) is 11.8 Å². The third-order valence-corrected chi connectivity index (χ3v) is 4.87.